The summed E-state index contributed by atoms with van der Waals surface area (Å²) in [6, 6.07) is 3.35. The molecule has 94 valence electrons. The molecule has 17 heavy (non-hydrogen) atoms. The van der Waals surface area contributed by atoms with Crippen molar-refractivity contribution in [3.05, 3.63) is 23.3 Å². The SMILES string of the molecule is Cc1cc(N)c(S(=O)(=O)NCC2CC2)cc1C. The van der Waals surface area contributed by atoms with Crippen molar-refractivity contribution in [2.75, 3.05) is 12.3 Å². The standard InChI is InChI=1S/C12H18N2O2S/c1-8-5-11(13)12(6-9(8)2)17(15,16)14-7-10-3-4-10/h5-6,10,14H,3-4,7,13H2,1-2H3. The maximum absolute atomic E-state index is 12.1. The fraction of sp³-hybridized carbons (Fsp3) is 0.500. The van der Waals surface area contributed by atoms with Crippen LogP contribution in [-0.2, 0) is 10.0 Å². The van der Waals surface area contributed by atoms with Crippen LogP contribution in [0.15, 0.2) is 17.0 Å². The molecule has 0 heterocycles. The zero-order chi connectivity index (χ0) is 12.6. The molecule has 5 heteroatoms. The zero-order valence-corrected chi connectivity index (χ0v) is 11.0. The Bertz CT molecular complexity index is 534. The number of nitrogens with two attached hydrogens (primary N) is 1. The van der Waals surface area contributed by atoms with Crippen molar-refractivity contribution in [1.82, 2.24) is 4.72 Å². The first kappa shape index (κ1) is 12.4. The number of aryl methyl sites for hydroxylation is 2. The largest absolute Gasteiger partial charge is 0.398 e. The minimum Gasteiger partial charge on any atom is -0.398 e. The first-order chi connectivity index (χ1) is 7.90. The van der Waals surface area contributed by atoms with Gasteiger partial charge in [0.15, 0.2) is 0 Å². The minimum absolute atomic E-state index is 0.196. The Balaban J connectivity index is 2.27. The van der Waals surface area contributed by atoms with Gasteiger partial charge in [-0.05, 0) is 55.9 Å². The fourth-order valence-electron chi connectivity index (χ4n) is 1.67. The van der Waals surface area contributed by atoms with E-state index in [1.165, 1.54) is 0 Å². The third-order valence-corrected chi connectivity index (χ3v) is 4.65. The second-order valence-corrected chi connectivity index (χ2v) is 6.50. The predicted octanol–water partition coefficient (Wildman–Crippen LogP) is 1.57. The summed E-state index contributed by atoms with van der Waals surface area (Å²) in [4.78, 5) is 0.196. The molecule has 2 rings (SSSR count). The molecule has 1 aliphatic carbocycles. The lowest BCUT2D eigenvalue weighted by Gasteiger charge is -2.11. The number of nitrogen functional groups attached to an aromatic ring is 1. The summed E-state index contributed by atoms with van der Waals surface area (Å²) in [6.45, 7) is 4.32. The van der Waals surface area contributed by atoms with Gasteiger partial charge in [0.1, 0.15) is 4.90 Å². The molecule has 0 atom stereocenters. The van der Waals surface area contributed by atoms with Crippen LogP contribution in [0.2, 0.25) is 0 Å². The van der Waals surface area contributed by atoms with Gasteiger partial charge in [0, 0.05) is 6.54 Å². The molecule has 1 aliphatic rings. The summed E-state index contributed by atoms with van der Waals surface area (Å²) in [5.41, 5.74) is 8.03. The van der Waals surface area contributed by atoms with E-state index in [1.807, 2.05) is 13.8 Å². The molecule has 3 N–H and O–H groups in total. The van der Waals surface area contributed by atoms with Crippen LogP contribution in [-0.4, -0.2) is 15.0 Å². The van der Waals surface area contributed by atoms with Crippen LogP contribution in [0.1, 0.15) is 24.0 Å². The monoisotopic (exact) mass is 254 g/mol. The highest BCUT2D eigenvalue weighted by Crippen LogP contribution is 2.29. The van der Waals surface area contributed by atoms with Gasteiger partial charge >= 0.3 is 0 Å². The Morgan fingerprint density at radius 2 is 1.88 bits per heavy atom. The number of benzene rings is 1. The Kier molecular flexibility index (Phi) is 3.14. The molecule has 0 spiro atoms. The van der Waals surface area contributed by atoms with Gasteiger partial charge in [-0.3, -0.25) is 0 Å². The minimum atomic E-state index is -3.46. The van der Waals surface area contributed by atoms with Crippen LogP contribution < -0.4 is 10.5 Å². The Labute approximate surface area is 102 Å². The summed E-state index contributed by atoms with van der Waals surface area (Å²) >= 11 is 0. The zero-order valence-electron chi connectivity index (χ0n) is 10.2. The average molecular weight is 254 g/mol. The smallest absolute Gasteiger partial charge is 0.242 e. The summed E-state index contributed by atoms with van der Waals surface area (Å²) in [7, 11) is -3.46. The maximum Gasteiger partial charge on any atom is 0.242 e. The van der Waals surface area contributed by atoms with Gasteiger partial charge in [-0.15, -0.1) is 0 Å². The first-order valence-electron chi connectivity index (χ1n) is 5.76. The van der Waals surface area contributed by atoms with E-state index in [0.717, 1.165) is 24.0 Å². The molecule has 0 bridgehead atoms. The van der Waals surface area contributed by atoms with E-state index in [2.05, 4.69) is 4.72 Å². The molecule has 1 aromatic rings. The van der Waals surface area contributed by atoms with Gasteiger partial charge in [-0.2, -0.15) is 0 Å². The van der Waals surface area contributed by atoms with Crippen molar-refractivity contribution < 1.29 is 8.42 Å². The molecule has 1 saturated carbocycles. The highest BCUT2D eigenvalue weighted by Gasteiger charge is 2.25. The van der Waals surface area contributed by atoms with E-state index in [9.17, 15) is 8.42 Å². The van der Waals surface area contributed by atoms with Gasteiger partial charge < -0.3 is 5.73 Å². The van der Waals surface area contributed by atoms with Crippen molar-refractivity contribution in [3.63, 3.8) is 0 Å². The van der Waals surface area contributed by atoms with Gasteiger partial charge in [-0.25, -0.2) is 13.1 Å². The van der Waals surface area contributed by atoms with E-state index >= 15 is 0 Å². The number of hydrogen-bond donors (Lipinski definition) is 2. The summed E-state index contributed by atoms with van der Waals surface area (Å²) < 4.78 is 26.7. The van der Waals surface area contributed by atoms with E-state index in [1.54, 1.807) is 12.1 Å². The maximum atomic E-state index is 12.1. The van der Waals surface area contributed by atoms with Crippen molar-refractivity contribution >= 4 is 15.7 Å². The van der Waals surface area contributed by atoms with Gasteiger partial charge in [0.05, 0.1) is 5.69 Å². The molecule has 0 radical (unpaired) electrons. The molecule has 1 aromatic carbocycles. The van der Waals surface area contributed by atoms with Gasteiger partial charge in [0.25, 0.3) is 0 Å². The van der Waals surface area contributed by atoms with Gasteiger partial charge in [0.2, 0.25) is 10.0 Å². The van der Waals surface area contributed by atoms with Crippen LogP contribution in [0.4, 0.5) is 5.69 Å². The number of nitrogens with one attached hydrogen (secondary N) is 1. The first-order valence-corrected chi connectivity index (χ1v) is 7.25. The van der Waals surface area contributed by atoms with Crippen LogP contribution in [0.5, 0.6) is 0 Å². The lowest BCUT2D eigenvalue weighted by Crippen LogP contribution is -2.26. The number of rotatable bonds is 4. The summed E-state index contributed by atoms with van der Waals surface area (Å²) in [6.07, 6.45) is 2.23. The third-order valence-electron chi connectivity index (χ3n) is 3.17. The van der Waals surface area contributed by atoms with Crippen LogP contribution in [0.25, 0.3) is 0 Å². The number of hydrogen-bond acceptors (Lipinski definition) is 3. The molecule has 0 amide bonds. The molecular formula is C12H18N2O2S. The van der Waals surface area contributed by atoms with Crippen molar-refractivity contribution in [2.24, 2.45) is 5.92 Å². The molecular weight excluding hydrogens is 236 g/mol. The third kappa shape index (κ3) is 2.79. The van der Waals surface area contributed by atoms with Crippen molar-refractivity contribution in [1.29, 1.82) is 0 Å². The van der Waals surface area contributed by atoms with Crippen LogP contribution >= 0.6 is 0 Å². The normalized spacial score (nSPS) is 16.1. The lowest BCUT2D eigenvalue weighted by molar-refractivity contribution is 0.578. The number of anilines is 1. The van der Waals surface area contributed by atoms with Crippen LogP contribution in [0.3, 0.4) is 0 Å². The lowest BCUT2D eigenvalue weighted by atomic mass is 10.1. The Morgan fingerprint density at radius 1 is 1.29 bits per heavy atom. The number of sulfonamides is 1. The highest BCUT2D eigenvalue weighted by atomic mass is 32.2. The topological polar surface area (TPSA) is 72.2 Å². The summed E-state index contributed by atoms with van der Waals surface area (Å²) in [5.74, 6) is 0.512. The Hall–Kier alpha value is -1.07. The predicted molar refractivity (Wildman–Crippen MR) is 68.2 cm³/mol. The molecule has 4 nitrogen and oxygen atoms in total. The Morgan fingerprint density at radius 3 is 2.47 bits per heavy atom. The molecule has 0 aromatic heterocycles. The van der Waals surface area contributed by atoms with E-state index in [0.29, 0.717) is 18.2 Å². The quantitative estimate of drug-likeness (QED) is 0.801. The average Bonchev–Trinajstić information content (AvgIpc) is 3.04. The fourth-order valence-corrected chi connectivity index (χ4v) is 2.98. The highest BCUT2D eigenvalue weighted by molar-refractivity contribution is 7.89. The van der Waals surface area contributed by atoms with Gasteiger partial charge in [-0.1, -0.05) is 0 Å². The van der Waals surface area contributed by atoms with E-state index < -0.39 is 10.0 Å². The van der Waals surface area contributed by atoms with E-state index in [-0.39, 0.29) is 4.90 Å². The van der Waals surface area contributed by atoms with Crippen molar-refractivity contribution in [2.45, 2.75) is 31.6 Å². The van der Waals surface area contributed by atoms with Crippen LogP contribution in [0, 0.1) is 19.8 Å². The van der Waals surface area contributed by atoms with E-state index in [4.69, 9.17) is 5.73 Å². The second-order valence-electron chi connectivity index (χ2n) is 4.77. The molecule has 1 fully saturated rings. The molecule has 0 saturated heterocycles. The second kappa shape index (κ2) is 4.31. The summed E-state index contributed by atoms with van der Waals surface area (Å²) in [5, 5.41) is 0. The molecule has 0 aliphatic heterocycles. The molecule has 0 unspecified atom stereocenters. The van der Waals surface area contributed by atoms with Crippen molar-refractivity contribution in [3.8, 4) is 0 Å².